The highest BCUT2D eigenvalue weighted by Crippen LogP contribution is 2.19. The first kappa shape index (κ1) is 10.1. The van der Waals surface area contributed by atoms with E-state index in [4.69, 9.17) is 4.74 Å². The summed E-state index contributed by atoms with van der Waals surface area (Å²) in [7, 11) is 1.99. The van der Waals surface area contributed by atoms with Gasteiger partial charge in [-0.25, -0.2) is 0 Å². The van der Waals surface area contributed by atoms with Crippen molar-refractivity contribution in [3.8, 4) is 5.75 Å². The van der Waals surface area contributed by atoms with E-state index in [1.807, 2.05) is 23.7 Å². The average molecular weight is 205 g/mol. The van der Waals surface area contributed by atoms with Crippen LogP contribution in [0.15, 0.2) is 24.4 Å². The maximum atomic E-state index is 9.20. The van der Waals surface area contributed by atoms with Gasteiger partial charge in [0.15, 0.2) is 0 Å². The fraction of sp³-hybridized carbons (Fsp3) is 0.200. The Bertz CT molecular complexity index is 493. The molecule has 0 spiro atoms. The van der Waals surface area contributed by atoms with Crippen LogP contribution in [0.4, 0.5) is 0 Å². The normalized spacial score (nSPS) is 10.7. The SMILES string of the molecule is COc1ccc2c(c1)c(B(O)O)cn2C. The maximum Gasteiger partial charge on any atom is 0.490 e. The van der Waals surface area contributed by atoms with Crippen molar-refractivity contribution in [3.63, 3.8) is 0 Å². The zero-order valence-electron chi connectivity index (χ0n) is 8.64. The lowest BCUT2D eigenvalue weighted by Gasteiger charge is -2.01. The minimum atomic E-state index is -1.46. The van der Waals surface area contributed by atoms with E-state index < -0.39 is 7.12 Å². The first-order valence-electron chi connectivity index (χ1n) is 4.62. The van der Waals surface area contributed by atoms with Gasteiger partial charge in [0, 0.05) is 29.6 Å². The van der Waals surface area contributed by atoms with Crippen molar-refractivity contribution in [2.24, 2.45) is 7.05 Å². The molecule has 0 radical (unpaired) electrons. The van der Waals surface area contributed by atoms with E-state index in [9.17, 15) is 10.0 Å². The van der Waals surface area contributed by atoms with Crippen LogP contribution in [-0.4, -0.2) is 28.8 Å². The summed E-state index contributed by atoms with van der Waals surface area (Å²) in [4.78, 5) is 0. The van der Waals surface area contributed by atoms with Crippen LogP contribution in [0.2, 0.25) is 0 Å². The lowest BCUT2D eigenvalue weighted by atomic mass is 9.80. The molecule has 0 aliphatic rings. The Balaban J connectivity index is 2.71. The number of rotatable bonds is 2. The van der Waals surface area contributed by atoms with Gasteiger partial charge in [-0.05, 0) is 18.2 Å². The molecule has 0 amide bonds. The van der Waals surface area contributed by atoms with Crippen molar-refractivity contribution in [2.45, 2.75) is 0 Å². The Morgan fingerprint density at radius 2 is 2.07 bits per heavy atom. The Hall–Kier alpha value is -1.46. The van der Waals surface area contributed by atoms with Crippen LogP contribution in [0.3, 0.4) is 0 Å². The van der Waals surface area contributed by atoms with Crippen molar-refractivity contribution in [2.75, 3.05) is 7.11 Å². The number of hydrogen-bond acceptors (Lipinski definition) is 3. The van der Waals surface area contributed by atoms with Gasteiger partial charge in [-0.15, -0.1) is 0 Å². The van der Waals surface area contributed by atoms with E-state index in [1.54, 1.807) is 19.4 Å². The molecule has 1 aromatic carbocycles. The summed E-state index contributed by atoms with van der Waals surface area (Å²) in [5.74, 6) is 0.704. The first-order chi connectivity index (χ1) is 7.13. The summed E-state index contributed by atoms with van der Waals surface area (Å²) in [6, 6.07) is 5.53. The molecule has 0 fully saturated rings. The summed E-state index contributed by atoms with van der Waals surface area (Å²) in [6.07, 6.45) is 1.70. The number of nitrogens with zero attached hydrogens (tertiary/aromatic N) is 1. The van der Waals surface area contributed by atoms with Crippen molar-refractivity contribution in [1.82, 2.24) is 4.57 Å². The summed E-state index contributed by atoms with van der Waals surface area (Å²) in [5.41, 5.74) is 1.44. The lowest BCUT2D eigenvalue weighted by Crippen LogP contribution is -2.29. The molecule has 2 N–H and O–H groups in total. The number of hydrogen-bond donors (Lipinski definition) is 2. The topological polar surface area (TPSA) is 54.6 Å². The van der Waals surface area contributed by atoms with Crippen LogP contribution < -0.4 is 10.2 Å². The summed E-state index contributed by atoms with van der Waals surface area (Å²) in [5, 5.41) is 19.2. The third kappa shape index (κ3) is 1.60. The lowest BCUT2D eigenvalue weighted by molar-refractivity contribution is 0.415. The summed E-state index contributed by atoms with van der Waals surface area (Å²) >= 11 is 0. The molecule has 1 aromatic heterocycles. The summed E-state index contributed by atoms with van der Waals surface area (Å²) in [6.45, 7) is 0. The van der Waals surface area contributed by atoms with E-state index in [0.717, 1.165) is 10.9 Å². The number of ether oxygens (including phenoxy) is 1. The molecule has 2 rings (SSSR count). The number of aryl methyl sites for hydroxylation is 1. The predicted octanol–water partition coefficient (Wildman–Crippen LogP) is -0.133. The average Bonchev–Trinajstić information content (AvgIpc) is 2.56. The first-order valence-corrected chi connectivity index (χ1v) is 4.62. The van der Waals surface area contributed by atoms with Crippen LogP contribution in [0, 0.1) is 0 Å². The zero-order valence-corrected chi connectivity index (χ0v) is 8.64. The molecule has 0 saturated heterocycles. The minimum Gasteiger partial charge on any atom is -0.497 e. The quantitative estimate of drug-likeness (QED) is 0.671. The number of fused-ring (bicyclic) bond motifs is 1. The van der Waals surface area contributed by atoms with E-state index in [0.29, 0.717) is 11.2 Å². The van der Waals surface area contributed by atoms with Crippen LogP contribution >= 0.6 is 0 Å². The number of aromatic nitrogens is 1. The van der Waals surface area contributed by atoms with E-state index in [2.05, 4.69) is 0 Å². The van der Waals surface area contributed by atoms with E-state index in [-0.39, 0.29) is 0 Å². The molecule has 0 atom stereocenters. The van der Waals surface area contributed by atoms with Crippen LogP contribution in [0.5, 0.6) is 5.75 Å². The molecular weight excluding hydrogens is 193 g/mol. The maximum absolute atomic E-state index is 9.20. The third-order valence-corrected chi connectivity index (χ3v) is 2.51. The molecule has 0 aliphatic heterocycles. The molecule has 0 aliphatic carbocycles. The molecule has 2 aromatic rings. The van der Waals surface area contributed by atoms with Gasteiger partial charge in [-0.2, -0.15) is 0 Å². The molecule has 1 heterocycles. The van der Waals surface area contributed by atoms with Gasteiger partial charge in [0.2, 0.25) is 0 Å². The van der Waals surface area contributed by atoms with Crippen LogP contribution in [0.25, 0.3) is 10.9 Å². The predicted molar refractivity (Wildman–Crippen MR) is 59.3 cm³/mol. The van der Waals surface area contributed by atoms with Gasteiger partial charge in [0.1, 0.15) is 5.75 Å². The van der Waals surface area contributed by atoms with Gasteiger partial charge in [0.25, 0.3) is 0 Å². The van der Waals surface area contributed by atoms with E-state index >= 15 is 0 Å². The zero-order chi connectivity index (χ0) is 11.0. The van der Waals surface area contributed by atoms with Crippen LogP contribution in [-0.2, 0) is 7.05 Å². The fourth-order valence-electron chi connectivity index (χ4n) is 1.73. The molecule has 15 heavy (non-hydrogen) atoms. The highest BCUT2D eigenvalue weighted by atomic mass is 16.5. The number of benzene rings is 1. The largest absolute Gasteiger partial charge is 0.497 e. The minimum absolute atomic E-state index is 0.492. The third-order valence-electron chi connectivity index (χ3n) is 2.51. The standard InChI is InChI=1S/C10H12BNO3/c1-12-6-9(11(13)14)8-5-7(15-2)3-4-10(8)12/h3-6,13-14H,1-2H3. The second-order valence-corrected chi connectivity index (χ2v) is 3.45. The molecule has 0 bridgehead atoms. The van der Waals surface area contributed by atoms with Gasteiger partial charge in [0.05, 0.1) is 7.11 Å². The summed E-state index contributed by atoms with van der Waals surface area (Å²) < 4.78 is 6.94. The second kappa shape index (κ2) is 3.60. The molecule has 4 nitrogen and oxygen atoms in total. The Morgan fingerprint density at radius 1 is 1.33 bits per heavy atom. The van der Waals surface area contributed by atoms with Gasteiger partial charge in [-0.3, -0.25) is 0 Å². The molecular formula is C10H12BNO3. The molecule has 0 unspecified atom stereocenters. The van der Waals surface area contributed by atoms with Gasteiger partial charge < -0.3 is 19.4 Å². The van der Waals surface area contributed by atoms with Crippen molar-refractivity contribution in [3.05, 3.63) is 24.4 Å². The molecule has 5 heteroatoms. The highest BCUT2D eigenvalue weighted by molar-refractivity contribution is 6.62. The second-order valence-electron chi connectivity index (χ2n) is 3.45. The Labute approximate surface area is 87.9 Å². The van der Waals surface area contributed by atoms with E-state index in [1.165, 1.54) is 0 Å². The fourth-order valence-corrected chi connectivity index (χ4v) is 1.73. The highest BCUT2D eigenvalue weighted by Gasteiger charge is 2.17. The molecule has 78 valence electrons. The number of methoxy groups -OCH3 is 1. The van der Waals surface area contributed by atoms with Crippen LogP contribution in [0.1, 0.15) is 0 Å². The Kier molecular flexibility index (Phi) is 2.42. The Morgan fingerprint density at radius 3 is 2.67 bits per heavy atom. The van der Waals surface area contributed by atoms with Crippen molar-refractivity contribution < 1.29 is 14.8 Å². The van der Waals surface area contributed by atoms with Gasteiger partial charge in [-0.1, -0.05) is 0 Å². The molecule has 0 saturated carbocycles. The van der Waals surface area contributed by atoms with Gasteiger partial charge >= 0.3 is 7.12 Å². The van der Waals surface area contributed by atoms with Crippen molar-refractivity contribution >= 4 is 23.5 Å². The van der Waals surface area contributed by atoms with Crippen molar-refractivity contribution in [1.29, 1.82) is 0 Å². The monoisotopic (exact) mass is 205 g/mol. The smallest absolute Gasteiger partial charge is 0.490 e.